The lowest BCUT2D eigenvalue weighted by Crippen LogP contribution is -2.57. The molecule has 20 heavy (non-hydrogen) atoms. The number of benzene rings is 1. The zero-order valence-electron chi connectivity index (χ0n) is 13.0. The first-order chi connectivity index (χ1) is 9.59. The van der Waals surface area contributed by atoms with Crippen molar-refractivity contribution in [2.45, 2.75) is 57.6 Å². The summed E-state index contributed by atoms with van der Waals surface area (Å²) in [4.78, 5) is 0. The molecule has 0 bridgehead atoms. The van der Waals surface area contributed by atoms with Gasteiger partial charge in [-0.15, -0.1) is 0 Å². The molecule has 0 heterocycles. The van der Waals surface area contributed by atoms with Gasteiger partial charge >= 0.3 is 0 Å². The molecule has 3 nitrogen and oxygen atoms in total. The predicted octanol–water partition coefficient (Wildman–Crippen LogP) is 2.96. The van der Waals surface area contributed by atoms with Crippen LogP contribution in [0.5, 0.6) is 0 Å². The average molecular weight is 276 g/mol. The molecule has 1 atom stereocenters. The molecule has 0 aliphatic heterocycles. The second-order valence-electron chi connectivity index (χ2n) is 6.36. The SMILES string of the molecule is COC1(C(Cc2cccc(C)c2)NN)CCC(C)CC1. The Kier molecular flexibility index (Phi) is 5.19. The maximum atomic E-state index is 5.94. The van der Waals surface area contributed by atoms with Crippen molar-refractivity contribution >= 4 is 0 Å². The number of nitrogens with two attached hydrogens (primary N) is 1. The summed E-state index contributed by atoms with van der Waals surface area (Å²) in [6.07, 6.45) is 5.54. The third-order valence-electron chi connectivity index (χ3n) is 4.89. The van der Waals surface area contributed by atoms with Crippen molar-refractivity contribution in [3.05, 3.63) is 35.4 Å². The van der Waals surface area contributed by atoms with E-state index in [1.54, 1.807) is 0 Å². The number of hydrogen-bond donors (Lipinski definition) is 2. The minimum Gasteiger partial charge on any atom is -0.377 e. The Morgan fingerprint density at radius 2 is 2.10 bits per heavy atom. The molecule has 0 spiro atoms. The van der Waals surface area contributed by atoms with Gasteiger partial charge in [0.05, 0.1) is 11.6 Å². The van der Waals surface area contributed by atoms with Gasteiger partial charge in [-0.1, -0.05) is 36.8 Å². The maximum absolute atomic E-state index is 5.94. The topological polar surface area (TPSA) is 47.3 Å². The summed E-state index contributed by atoms with van der Waals surface area (Å²) in [5.41, 5.74) is 5.52. The van der Waals surface area contributed by atoms with Crippen LogP contribution < -0.4 is 11.3 Å². The fraction of sp³-hybridized carbons (Fsp3) is 0.647. The summed E-state index contributed by atoms with van der Waals surface area (Å²) >= 11 is 0. The van der Waals surface area contributed by atoms with Crippen LogP contribution in [0.3, 0.4) is 0 Å². The van der Waals surface area contributed by atoms with Crippen LogP contribution in [0, 0.1) is 12.8 Å². The van der Waals surface area contributed by atoms with Gasteiger partial charge in [0.2, 0.25) is 0 Å². The van der Waals surface area contributed by atoms with E-state index in [2.05, 4.69) is 43.5 Å². The highest BCUT2D eigenvalue weighted by molar-refractivity contribution is 5.23. The van der Waals surface area contributed by atoms with Crippen molar-refractivity contribution in [2.75, 3.05) is 7.11 Å². The third-order valence-corrected chi connectivity index (χ3v) is 4.89. The van der Waals surface area contributed by atoms with Crippen LogP contribution in [-0.4, -0.2) is 18.8 Å². The van der Waals surface area contributed by atoms with Crippen molar-refractivity contribution in [3.63, 3.8) is 0 Å². The van der Waals surface area contributed by atoms with Crippen molar-refractivity contribution in [3.8, 4) is 0 Å². The van der Waals surface area contributed by atoms with E-state index in [0.29, 0.717) is 0 Å². The number of nitrogens with one attached hydrogen (secondary N) is 1. The highest BCUT2D eigenvalue weighted by Gasteiger charge is 2.41. The molecular weight excluding hydrogens is 248 g/mol. The number of aryl methyl sites for hydroxylation is 1. The molecule has 0 saturated heterocycles. The van der Waals surface area contributed by atoms with Gasteiger partial charge in [-0.25, -0.2) is 0 Å². The van der Waals surface area contributed by atoms with Crippen LogP contribution in [0.25, 0.3) is 0 Å². The molecule has 1 aromatic rings. The minimum absolute atomic E-state index is 0.120. The number of hydrazine groups is 1. The molecule has 1 aromatic carbocycles. The van der Waals surface area contributed by atoms with Gasteiger partial charge in [0, 0.05) is 7.11 Å². The summed E-state index contributed by atoms with van der Waals surface area (Å²) in [6.45, 7) is 4.45. The molecule has 3 heteroatoms. The predicted molar refractivity (Wildman–Crippen MR) is 83.4 cm³/mol. The first-order valence-corrected chi connectivity index (χ1v) is 7.66. The summed E-state index contributed by atoms with van der Waals surface area (Å²) < 4.78 is 5.94. The van der Waals surface area contributed by atoms with E-state index < -0.39 is 0 Å². The van der Waals surface area contributed by atoms with Gasteiger partial charge in [0.25, 0.3) is 0 Å². The molecule has 1 aliphatic rings. The molecule has 1 saturated carbocycles. The van der Waals surface area contributed by atoms with Crippen LogP contribution >= 0.6 is 0 Å². The Morgan fingerprint density at radius 3 is 2.65 bits per heavy atom. The number of rotatable bonds is 5. The summed E-state index contributed by atoms with van der Waals surface area (Å²) in [6, 6.07) is 8.82. The summed E-state index contributed by atoms with van der Waals surface area (Å²) in [7, 11) is 1.83. The van der Waals surface area contributed by atoms with Crippen LogP contribution in [0.2, 0.25) is 0 Å². The number of ether oxygens (including phenoxy) is 1. The van der Waals surface area contributed by atoms with E-state index in [4.69, 9.17) is 10.6 Å². The number of hydrogen-bond acceptors (Lipinski definition) is 3. The van der Waals surface area contributed by atoms with Gasteiger partial charge in [0.1, 0.15) is 0 Å². The van der Waals surface area contributed by atoms with E-state index in [1.165, 1.54) is 24.0 Å². The van der Waals surface area contributed by atoms with Crippen LogP contribution in [0.1, 0.15) is 43.7 Å². The van der Waals surface area contributed by atoms with Crippen molar-refractivity contribution < 1.29 is 4.74 Å². The molecule has 0 aromatic heterocycles. The Morgan fingerprint density at radius 1 is 1.40 bits per heavy atom. The van der Waals surface area contributed by atoms with Crippen molar-refractivity contribution in [1.82, 2.24) is 5.43 Å². The molecule has 0 amide bonds. The Balaban J connectivity index is 2.13. The van der Waals surface area contributed by atoms with Crippen LogP contribution in [0.4, 0.5) is 0 Å². The third kappa shape index (κ3) is 3.40. The maximum Gasteiger partial charge on any atom is 0.0847 e. The second kappa shape index (κ2) is 6.70. The fourth-order valence-corrected chi connectivity index (χ4v) is 3.42. The van der Waals surface area contributed by atoms with Gasteiger partial charge in [-0.2, -0.15) is 0 Å². The van der Waals surface area contributed by atoms with Gasteiger partial charge in [0.15, 0.2) is 0 Å². The van der Waals surface area contributed by atoms with Gasteiger partial charge in [-0.3, -0.25) is 11.3 Å². The molecule has 3 N–H and O–H groups in total. The molecule has 1 unspecified atom stereocenters. The normalized spacial score (nSPS) is 28.3. The molecule has 2 rings (SSSR count). The molecule has 1 aliphatic carbocycles. The summed E-state index contributed by atoms with van der Waals surface area (Å²) in [5.74, 6) is 6.66. The largest absolute Gasteiger partial charge is 0.377 e. The Bertz CT molecular complexity index is 425. The van der Waals surface area contributed by atoms with E-state index >= 15 is 0 Å². The van der Waals surface area contributed by atoms with E-state index in [1.807, 2.05) is 7.11 Å². The number of methoxy groups -OCH3 is 1. The molecule has 112 valence electrons. The van der Waals surface area contributed by atoms with E-state index in [9.17, 15) is 0 Å². The summed E-state index contributed by atoms with van der Waals surface area (Å²) in [5, 5.41) is 0. The highest BCUT2D eigenvalue weighted by atomic mass is 16.5. The second-order valence-corrected chi connectivity index (χ2v) is 6.36. The fourth-order valence-electron chi connectivity index (χ4n) is 3.42. The van der Waals surface area contributed by atoms with Crippen LogP contribution in [-0.2, 0) is 11.2 Å². The monoisotopic (exact) mass is 276 g/mol. The lowest BCUT2D eigenvalue weighted by Gasteiger charge is -2.44. The van der Waals surface area contributed by atoms with E-state index in [-0.39, 0.29) is 11.6 Å². The zero-order valence-corrected chi connectivity index (χ0v) is 13.0. The zero-order chi connectivity index (χ0) is 14.6. The van der Waals surface area contributed by atoms with Gasteiger partial charge in [-0.05, 0) is 50.5 Å². The Hall–Kier alpha value is -0.900. The molecule has 1 fully saturated rings. The average Bonchev–Trinajstić information content (AvgIpc) is 2.46. The smallest absolute Gasteiger partial charge is 0.0847 e. The van der Waals surface area contributed by atoms with Gasteiger partial charge < -0.3 is 4.74 Å². The van der Waals surface area contributed by atoms with Crippen molar-refractivity contribution in [2.24, 2.45) is 11.8 Å². The molecular formula is C17H28N2O. The lowest BCUT2D eigenvalue weighted by molar-refractivity contribution is -0.0746. The molecule has 0 radical (unpaired) electrons. The first-order valence-electron chi connectivity index (χ1n) is 7.66. The lowest BCUT2D eigenvalue weighted by atomic mass is 9.74. The standard InChI is InChI=1S/C17H28N2O/c1-13-7-9-17(20-3,10-8-13)16(19-18)12-15-6-4-5-14(2)11-15/h4-6,11,13,16,19H,7-10,12,18H2,1-3H3. The Labute approximate surface area is 122 Å². The minimum atomic E-state index is -0.120. The first kappa shape index (κ1) is 15.5. The van der Waals surface area contributed by atoms with Crippen LogP contribution in [0.15, 0.2) is 24.3 Å². The quantitative estimate of drug-likeness (QED) is 0.642. The van der Waals surface area contributed by atoms with Crippen molar-refractivity contribution in [1.29, 1.82) is 0 Å². The highest BCUT2D eigenvalue weighted by Crippen LogP contribution is 2.37. The van der Waals surface area contributed by atoms with E-state index in [0.717, 1.165) is 25.2 Å².